The molecule has 1 amide bonds. The minimum atomic E-state index is -1.32. The molecule has 4 aromatic rings. The van der Waals surface area contributed by atoms with Crippen molar-refractivity contribution in [3.63, 3.8) is 0 Å². The Labute approximate surface area is 183 Å². The van der Waals surface area contributed by atoms with Crippen molar-refractivity contribution in [2.75, 3.05) is 12.3 Å². The Morgan fingerprint density at radius 3 is 2.78 bits per heavy atom. The minimum absolute atomic E-state index is 0.0217. The standard InChI is InChI=1S/C18H14N8O5S/c19-16-17(24-31-23-16)26-15(12-2-1-7-32-12)14(21-25-26)18(29)22-20-8-10-3-5-11(6-4-10)30-9-13(27)28/h1-8H,9H2,(H4,19,22,23,27,28,29)/b20-8+. The van der Waals surface area contributed by atoms with Gasteiger partial charge < -0.3 is 20.4 Å². The largest absolute Gasteiger partial charge is 0.546 e. The maximum Gasteiger partial charge on any atom is 0.377 e. The molecule has 4 rings (SSSR count). The summed E-state index contributed by atoms with van der Waals surface area (Å²) in [6, 6.07) is 10.0. The SMILES string of the molecule is Nc1nonc1-[n+]1[nH]nc(C(=O)N/N=C/c2ccc(OCC(=O)[O-])cc2)c1-c1cccs1. The van der Waals surface area contributed by atoms with Crippen molar-refractivity contribution < 1.29 is 28.7 Å². The number of carbonyl (C=O) groups is 2. The molecule has 0 radical (unpaired) electrons. The number of hydrazone groups is 1. The summed E-state index contributed by atoms with van der Waals surface area (Å²) in [6.45, 7) is -0.546. The fourth-order valence-electron chi connectivity index (χ4n) is 2.62. The number of ether oxygens (including phenoxy) is 1. The molecule has 0 unspecified atom stereocenters. The van der Waals surface area contributed by atoms with Crippen molar-refractivity contribution in [3.05, 3.63) is 53.0 Å². The third-order valence-corrected chi connectivity index (χ3v) is 4.88. The molecule has 0 bridgehead atoms. The number of nitrogens with one attached hydrogen (secondary N) is 2. The van der Waals surface area contributed by atoms with Crippen molar-refractivity contribution in [2.45, 2.75) is 0 Å². The molecule has 0 saturated heterocycles. The summed E-state index contributed by atoms with van der Waals surface area (Å²) >= 11 is 1.39. The summed E-state index contributed by atoms with van der Waals surface area (Å²) in [7, 11) is 0. The lowest BCUT2D eigenvalue weighted by atomic mass is 10.2. The number of nitrogen functional groups attached to an aromatic ring is 1. The molecule has 0 atom stereocenters. The van der Waals surface area contributed by atoms with Crippen molar-refractivity contribution in [1.29, 1.82) is 0 Å². The summed E-state index contributed by atoms with van der Waals surface area (Å²) in [5, 5.41) is 30.2. The number of nitrogens with two attached hydrogens (primary N) is 1. The number of anilines is 1. The highest BCUT2D eigenvalue weighted by Crippen LogP contribution is 2.25. The van der Waals surface area contributed by atoms with E-state index in [-0.39, 0.29) is 17.3 Å². The van der Waals surface area contributed by atoms with Crippen molar-refractivity contribution in [2.24, 2.45) is 5.10 Å². The van der Waals surface area contributed by atoms with Gasteiger partial charge in [-0.05, 0) is 51.5 Å². The third-order valence-electron chi connectivity index (χ3n) is 4.00. The lowest BCUT2D eigenvalue weighted by molar-refractivity contribution is -0.652. The zero-order valence-corrected chi connectivity index (χ0v) is 16.9. The fourth-order valence-corrected chi connectivity index (χ4v) is 3.38. The van der Waals surface area contributed by atoms with Gasteiger partial charge in [0.1, 0.15) is 17.5 Å². The summed E-state index contributed by atoms with van der Waals surface area (Å²) < 4.78 is 11.0. The van der Waals surface area contributed by atoms with E-state index in [9.17, 15) is 14.7 Å². The first-order valence-corrected chi connectivity index (χ1v) is 9.79. The number of hydrogen-bond acceptors (Lipinski definition) is 11. The van der Waals surface area contributed by atoms with Crippen LogP contribution in [0.2, 0.25) is 0 Å². The van der Waals surface area contributed by atoms with E-state index in [0.717, 1.165) is 4.88 Å². The first-order chi connectivity index (χ1) is 15.5. The van der Waals surface area contributed by atoms with Crippen molar-refractivity contribution in [3.8, 4) is 22.1 Å². The summed E-state index contributed by atoms with van der Waals surface area (Å²) in [5.74, 6) is -1.36. The maximum absolute atomic E-state index is 12.7. The van der Waals surface area contributed by atoms with E-state index in [1.807, 2.05) is 11.4 Å². The van der Waals surface area contributed by atoms with E-state index in [1.165, 1.54) is 22.2 Å². The number of aromatic amines is 1. The zero-order valence-electron chi connectivity index (χ0n) is 16.1. The van der Waals surface area contributed by atoms with Crippen LogP contribution in [0.4, 0.5) is 5.82 Å². The van der Waals surface area contributed by atoms with Crippen LogP contribution in [0.5, 0.6) is 5.75 Å². The number of aliphatic carboxylic acids is 1. The molecular formula is C18H14N8O5S. The highest BCUT2D eigenvalue weighted by molar-refractivity contribution is 7.13. The van der Waals surface area contributed by atoms with Gasteiger partial charge in [-0.2, -0.15) is 9.73 Å². The van der Waals surface area contributed by atoms with Gasteiger partial charge in [-0.15, -0.1) is 21.2 Å². The number of nitrogens with zero attached hydrogens (tertiary/aromatic N) is 5. The second kappa shape index (κ2) is 9.05. The zero-order chi connectivity index (χ0) is 22.5. The number of amides is 1. The number of aromatic nitrogens is 5. The van der Waals surface area contributed by atoms with Crippen LogP contribution in [0.25, 0.3) is 16.4 Å². The fraction of sp³-hybridized carbons (Fsp3) is 0.0556. The van der Waals surface area contributed by atoms with E-state index >= 15 is 0 Å². The van der Waals surface area contributed by atoms with E-state index in [0.29, 0.717) is 17.0 Å². The van der Waals surface area contributed by atoms with E-state index in [1.54, 1.807) is 30.3 Å². The number of H-pyrrole nitrogens is 1. The number of carboxylic acid groups (broad SMARTS) is 1. The van der Waals surface area contributed by atoms with Gasteiger partial charge in [0.25, 0.3) is 11.5 Å². The average molecular weight is 454 g/mol. The molecular weight excluding hydrogens is 440 g/mol. The number of benzene rings is 1. The quantitative estimate of drug-likeness (QED) is 0.175. The molecule has 0 aliphatic carbocycles. The molecule has 32 heavy (non-hydrogen) atoms. The van der Waals surface area contributed by atoms with Crippen LogP contribution >= 0.6 is 11.3 Å². The highest BCUT2D eigenvalue weighted by Gasteiger charge is 2.31. The second-order valence-electron chi connectivity index (χ2n) is 6.12. The third kappa shape index (κ3) is 4.44. The van der Waals surface area contributed by atoms with Crippen LogP contribution in [0.15, 0.2) is 51.5 Å². The molecule has 162 valence electrons. The molecule has 3 aromatic heterocycles. The van der Waals surface area contributed by atoms with E-state index in [4.69, 9.17) is 10.5 Å². The Balaban J connectivity index is 1.51. The minimum Gasteiger partial charge on any atom is -0.546 e. The Bertz CT molecular complexity index is 1260. The Morgan fingerprint density at radius 2 is 2.12 bits per heavy atom. The molecule has 13 nitrogen and oxygen atoms in total. The summed E-state index contributed by atoms with van der Waals surface area (Å²) in [6.07, 6.45) is 1.41. The number of thiophene rings is 1. The van der Waals surface area contributed by atoms with Gasteiger partial charge in [-0.3, -0.25) is 4.79 Å². The molecule has 14 heteroatoms. The van der Waals surface area contributed by atoms with Gasteiger partial charge in [0.15, 0.2) is 5.69 Å². The average Bonchev–Trinajstić information content (AvgIpc) is 3.53. The van der Waals surface area contributed by atoms with Crippen LogP contribution in [0.3, 0.4) is 0 Å². The van der Waals surface area contributed by atoms with Crippen LogP contribution in [-0.4, -0.2) is 45.3 Å². The molecule has 4 N–H and O–H groups in total. The van der Waals surface area contributed by atoms with Crippen LogP contribution in [-0.2, 0) is 4.79 Å². The summed E-state index contributed by atoms with van der Waals surface area (Å²) in [5.41, 5.74) is 9.28. The topological polar surface area (TPSA) is 188 Å². The Kier molecular flexibility index (Phi) is 5.85. The maximum atomic E-state index is 12.7. The first kappa shape index (κ1) is 20.7. The van der Waals surface area contributed by atoms with Gasteiger partial charge in [0.2, 0.25) is 0 Å². The Hall–Kier alpha value is -4.59. The predicted molar refractivity (Wildman–Crippen MR) is 108 cm³/mol. The summed E-state index contributed by atoms with van der Waals surface area (Å²) in [4.78, 5) is 23.9. The van der Waals surface area contributed by atoms with E-state index in [2.05, 4.69) is 35.8 Å². The first-order valence-electron chi connectivity index (χ1n) is 8.91. The van der Waals surface area contributed by atoms with Gasteiger partial charge >= 0.3 is 11.7 Å². The predicted octanol–water partition coefficient (Wildman–Crippen LogP) is -0.727. The molecule has 0 fully saturated rings. The molecule has 1 aromatic carbocycles. The monoisotopic (exact) mass is 454 g/mol. The lowest BCUT2D eigenvalue weighted by Gasteiger charge is -2.06. The van der Waals surface area contributed by atoms with Crippen LogP contribution in [0, 0.1) is 0 Å². The van der Waals surface area contributed by atoms with Gasteiger partial charge in [0.05, 0.1) is 17.1 Å². The van der Waals surface area contributed by atoms with Gasteiger partial charge in [-0.25, -0.2) is 5.43 Å². The highest BCUT2D eigenvalue weighted by atomic mass is 32.1. The molecule has 0 aliphatic rings. The second-order valence-corrected chi connectivity index (χ2v) is 7.07. The van der Waals surface area contributed by atoms with Crippen molar-refractivity contribution in [1.82, 2.24) is 26.1 Å². The van der Waals surface area contributed by atoms with Crippen molar-refractivity contribution >= 4 is 35.2 Å². The number of rotatable bonds is 8. The number of hydrogen-bond donors (Lipinski definition) is 3. The molecule has 3 heterocycles. The Morgan fingerprint density at radius 1 is 1.31 bits per heavy atom. The van der Waals surface area contributed by atoms with Crippen LogP contribution < -0.4 is 25.7 Å². The smallest absolute Gasteiger partial charge is 0.377 e. The lowest BCUT2D eigenvalue weighted by Crippen LogP contribution is -2.36. The van der Waals surface area contributed by atoms with E-state index < -0.39 is 18.5 Å². The van der Waals surface area contributed by atoms with Crippen LogP contribution in [0.1, 0.15) is 16.1 Å². The van der Waals surface area contributed by atoms with Gasteiger partial charge in [0, 0.05) is 0 Å². The normalized spacial score (nSPS) is 11.0. The molecule has 0 spiro atoms. The van der Waals surface area contributed by atoms with Gasteiger partial charge in [-0.1, -0.05) is 6.07 Å². The molecule has 0 saturated carbocycles. The molecule has 0 aliphatic heterocycles. The number of carboxylic acids is 1. The number of carbonyl (C=O) groups excluding carboxylic acids is 2.